The highest BCUT2D eigenvalue weighted by Crippen LogP contribution is 2.49. The fraction of sp³-hybridized carbons (Fsp3) is 1.00. The minimum atomic E-state index is -6.74. The minimum Gasteiger partial charge on any atom is -0.199 e. The molecular weight excluding hydrogens is 419 g/mol. The number of hydrogen-bond acceptors (Lipinski definition) is 1. The van der Waals surface area contributed by atoms with Crippen LogP contribution in [0, 0.1) is 0 Å². The zero-order valence-corrected chi connectivity index (χ0v) is 11.9. The molecule has 0 fully saturated rings. The van der Waals surface area contributed by atoms with Gasteiger partial charge in [0.2, 0.25) is 0 Å². The van der Waals surface area contributed by atoms with Gasteiger partial charge in [0.15, 0.2) is 0 Å². The maximum Gasteiger partial charge on any atom is 0.459 e. The van der Waals surface area contributed by atoms with E-state index in [-0.39, 0.29) is 0 Å². The highest BCUT2D eigenvalue weighted by atomic mass is 19.4. The summed E-state index contributed by atoms with van der Waals surface area (Å²) in [5, 5.41) is -1.30. The average molecular weight is 427 g/mol. The number of alkyl halides is 14. The van der Waals surface area contributed by atoms with E-state index in [4.69, 9.17) is 0 Å². The van der Waals surface area contributed by atoms with Gasteiger partial charge >= 0.3 is 36.0 Å². The molecule has 26 heavy (non-hydrogen) atoms. The lowest BCUT2D eigenvalue weighted by molar-refractivity contribution is -0.358. The molecule has 0 aromatic carbocycles. The first-order valence-electron chi connectivity index (χ1n) is 6.15. The first kappa shape index (κ1) is 24.9. The Hall–Kier alpha value is -1.09. The summed E-state index contributed by atoms with van der Waals surface area (Å²) in [6.45, 7) is -4.15. The average Bonchev–Trinajstić information content (AvgIpc) is 2.40. The molecule has 0 aromatic rings. The third-order valence-corrected chi connectivity index (χ3v) is 2.97. The lowest BCUT2D eigenvalue weighted by Crippen LogP contribution is -2.53. The van der Waals surface area contributed by atoms with Crippen LogP contribution in [0.15, 0.2) is 0 Å². The predicted octanol–water partition coefficient (Wildman–Crippen LogP) is 5.62. The SMILES string of the molecule is FN(CCC(F)(F)C(F)(F)C(F)(F)F)CCC(F)(F)C(F)(F)C(F)(F)F. The van der Waals surface area contributed by atoms with Crippen LogP contribution in [-0.4, -0.2) is 54.3 Å². The molecule has 0 amide bonds. The molecule has 0 aliphatic carbocycles. The third-order valence-electron chi connectivity index (χ3n) is 2.97. The van der Waals surface area contributed by atoms with Crippen LogP contribution in [0.4, 0.5) is 65.9 Å². The third kappa shape index (κ3) is 5.00. The van der Waals surface area contributed by atoms with Gasteiger partial charge in [-0.1, -0.05) is 0 Å². The lowest BCUT2D eigenvalue weighted by atomic mass is 10.1. The topological polar surface area (TPSA) is 3.24 Å². The van der Waals surface area contributed by atoms with Gasteiger partial charge in [0.25, 0.3) is 0 Å². The summed E-state index contributed by atoms with van der Waals surface area (Å²) in [5.74, 6) is -25.0. The molecule has 16 heteroatoms. The van der Waals surface area contributed by atoms with E-state index in [1.807, 2.05) is 0 Å². The van der Waals surface area contributed by atoms with Gasteiger partial charge in [0.1, 0.15) is 0 Å². The van der Waals surface area contributed by atoms with Crippen molar-refractivity contribution < 1.29 is 65.9 Å². The summed E-state index contributed by atoms with van der Waals surface area (Å²) in [6.07, 6.45) is -18.6. The molecule has 0 saturated carbocycles. The molecule has 0 atom stereocenters. The second kappa shape index (κ2) is 7.14. The van der Waals surface area contributed by atoms with Gasteiger partial charge in [-0.2, -0.15) is 61.5 Å². The molecule has 1 nitrogen and oxygen atoms in total. The Morgan fingerprint density at radius 1 is 0.462 bits per heavy atom. The summed E-state index contributed by atoms with van der Waals surface area (Å²) < 4.78 is 185. The van der Waals surface area contributed by atoms with Crippen LogP contribution >= 0.6 is 0 Å². The van der Waals surface area contributed by atoms with Crippen molar-refractivity contribution in [2.24, 2.45) is 0 Å². The molecule has 0 spiro atoms. The van der Waals surface area contributed by atoms with Crippen LogP contribution in [0.3, 0.4) is 0 Å². The smallest absolute Gasteiger partial charge is 0.199 e. The largest absolute Gasteiger partial charge is 0.459 e. The first-order chi connectivity index (χ1) is 11.1. The van der Waals surface area contributed by atoms with E-state index < -0.39 is 67.1 Å². The van der Waals surface area contributed by atoms with Crippen molar-refractivity contribution in [3.05, 3.63) is 0 Å². The number of rotatable bonds is 8. The van der Waals surface area contributed by atoms with Gasteiger partial charge < -0.3 is 0 Å². The van der Waals surface area contributed by atoms with Crippen molar-refractivity contribution >= 4 is 0 Å². The van der Waals surface area contributed by atoms with Crippen molar-refractivity contribution in [2.75, 3.05) is 13.1 Å². The molecule has 0 aliphatic rings. The Bertz CT molecular complexity index is 420. The second-order valence-corrected chi connectivity index (χ2v) is 4.96. The Labute approximate surface area is 134 Å². The molecular formula is C10H8F15N. The summed E-state index contributed by atoms with van der Waals surface area (Å²) in [6, 6.07) is 0. The minimum absolute atomic E-state index is 1.30. The van der Waals surface area contributed by atoms with Crippen LogP contribution in [0.1, 0.15) is 12.8 Å². The van der Waals surface area contributed by atoms with Crippen LogP contribution in [0.25, 0.3) is 0 Å². The van der Waals surface area contributed by atoms with Gasteiger partial charge in [-0.05, 0) is 0 Å². The maximum atomic E-state index is 12.9. The van der Waals surface area contributed by atoms with Crippen molar-refractivity contribution in [2.45, 2.75) is 48.9 Å². The number of hydrogen-bond donors (Lipinski definition) is 0. The van der Waals surface area contributed by atoms with E-state index in [1.165, 1.54) is 0 Å². The van der Waals surface area contributed by atoms with E-state index in [0.29, 0.717) is 0 Å². The monoisotopic (exact) mass is 427 g/mol. The van der Waals surface area contributed by atoms with Gasteiger partial charge in [-0.3, -0.25) is 0 Å². The zero-order valence-electron chi connectivity index (χ0n) is 11.9. The summed E-state index contributed by atoms with van der Waals surface area (Å²) in [7, 11) is 0. The molecule has 158 valence electrons. The fourth-order valence-electron chi connectivity index (χ4n) is 1.36. The Kier molecular flexibility index (Phi) is 6.85. The lowest BCUT2D eigenvalue weighted by Gasteiger charge is -2.30. The van der Waals surface area contributed by atoms with Gasteiger partial charge in [0.05, 0.1) is 0 Å². The van der Waals surface area contributed by atoms with E-state index >= 15 is 0 Å². The van der Waals surface area contributed by atoms with E-state index in [2.05, 4.69) is 0 Å². The summed E-state index contributed by atoms with van der Waals surface area (Å²) in [5.41, 5.74) is 0. The fourth-order valence-corrected chi connectivity index (χ4v) is 1.36. The normalized spacial score (nSPS) is 15.7. The molecule has 0 N–H and O–H groups in total. The van der Waals surface area contributed by atoms with Crippen LogP contribution < -0.4 is 0 Å². The Morgan fingerprint density at radius 2 is 0.692 bits per heavy atom. The van der Waals surface area contributed by atoms with Crippen molar-refractivity contribution in [3.8, 4) is 0 Å². The Balaban J connectivity index is 4.87. The zero-order chi connectivity index (χ0) is 21.4. The van der Waals surface area contributed by atoms with E-state index in [1.54, 1.807) is 0 Å². The van der Waals surface area contributed by atoms with Gasteiger partial charge in [0, 0.05) is 25.9 Å². The molecule has 0 rings (SSSR count). The van der Waals surface area contributed by atoms with Crippen LogP contribution in [0.5, 0.6) is 0 Å². The molecule has 0 aromatic heterocycles. The van der Waals surface area contributed by atoms with E-state index in [9.17, 15) is 65.9 Å². The quantitative estimate of drug-likeness (QED) is 0.359. The highest BCUT2D eigenvalue weighted by molar-refractivity contribution is 4.92. The highest BCUT2D eigenvalue weighted by Gasteiger charge is 2.73. The van der Waals surface area contributed by atoms with Gasteiger partial charge in [-0.25, -0.2) is 0 Å². The predicted molar refractivity (Wildman–Crippen MR) is 53.8 cm³/mol. The Morgan fingerprint density at radius 3 is 0.885 bits per heavy atom. The van der Waals surface area contributed by atoms with E-state index in [0.717, 1.165) is 0 Å². The molecule has 0 bridgehead atoms. The first-order valence-corrected chi connectivity index (χ1v) is 6.15. The molecule has 0 heterocycles. The summed E-state index contributed by atoms with van der Waals surface area (Å²) in [4.78, 5) is 0. The van der Waals surface area contributed by atoms with Crippen molar-refractivity contribution in [1.29, 1.82) is 0 Å². The molecule has 0 unspecified atom stereocenters. The standard InChI is InChI=1S/C10H8F15N/c11-5(12,7(15,16)9(19,20)21)1-3-26(25)4-2-6(13,14)8(17,18)10(22,23)24/h1-4H2. The van der Waals surface area contributed by atoms with Crippen LogP contribution in [-0.2, 0) is 0 Å². The second-order valence-electron chi connectivity index (χ2n) is 4.96. The van der Waals surface area contributed by atoms with Gasteiger partial charge in [-0.15, -0.1) is 9.60 Å². The van der Waals surface area contributed by atoms with Crippen LogP contribution in [0.2, 0.25) is 0 Å². The number of halogens is 15. The molecule has 0 radical (unpaired) electrons. The molecule has 0 saturated heterocycles. The summed E-state index contributed by atoms with van der Waals surface area (Å²) >= 11 is 0. The number of nitrogens with zero attached hydrogens (tertiary/aromatic N) is 1. The van der Waals surface area contributed by atoms with Crippen molar-refractivity contribution in [3.63, 3.8) is 0 Å². The molecule has 0 aliphatic heterocycles. The maximum absolute atomic E-state index is 12.9. The van der Waals surface area contributed by atoms with Crippen molar-refractivity contribution in [1.82, 2.24) is 5.12 Å².